The Bertz CT molecular complexity index is 1050. The van der Waals surface area contributed by atoms with E-state index in [9.17, 15) is 14.4 Å². The van der Waals surface area contributed by atoms with Crippen LogP contribution < -0.4 is 9.47 Å². The highest BCUT2D eigenvalue weighted by Crippen LogP contribution is 2.44. The minimum absolute atomic E-state index is 0.0721. The number of aromatic amines is 1. The SMILES string of the molecule is COc1ccc(F)cc1Oc1cc2c(N=O)c(O)[nH]c2c2c1CCN(C)C2. The Kier molecular flexibility index (Phi) is 4.19. The highest BCUT2D eigenvalue weighted by atomic mass is 19.1. The summed E-state index contributed by atoms with van der Waals surface area (Å²) in [7, 11) is 3.46. The van der Waals surface area contributed by atoms with Gasteiger partial charge in [0.2, 0.25) is 5.88 Å². The maximum absolute atomic E-state index is 13.7. The Morgan fingerprint density at radius 3 is 2.78 bits per heavy atom. The number of methoxy groups -OCH3 is 1. The third-order valence-electron chi connectivity index (χ3n) is 4.84. The zero-order valence-electron chi connectivity index (χ0n) is 14.9. The summed E-state index contributed by atoms with van der Waals surface area (Å²) < 4.78 is 25.0. The van der Waals surface area contributed by atoms with Gasteiger partial charge in [0.05, 0.1) is 12.6 Å². The van der Waals surface area contributed by atoms with Crippen LogP contribution >= 0.6 is 0 Å². The van der Waals surface area contributed by atoms with Crippen molar-refractivity contribution < 1.29 is 19.0 Å². The number of H-pyrrole nitrogens is 1. The summed E-state index contributed by atoms with van der Waals surface area (Å²) in [6.07, 6.45) is 0.707. The monoisotopic (exact) mass is 371 g/mol. The number of fused-ring (bicyclic) bond motifs is 3. The van der Waals surface area contributed by atoms with Crippen LogP contribution in [-0.2, 0) is 13.0 Å². The number of nitrogens with one attached hydrogen (secondary N) is 1. The summed E-state index contributed by atoms with van der Waals surface area (Å²) in [5.74, 6) is 0.381. The number of likely N-dealkylation sites (N-methyl/N-ethyl adjacent to an activating group) is 1. The number of benzene rings is 2. The predicted molar refractivity (Wildman–Crippen MR) is 98.5 cm³/mol. The van der Waals surface area contributed by atoms with E-state index < -0.39 is 5.82 Å². The fraction of sp³-hybridized carbons (Fsp3) is 0.263. The van der Waals surface area contributed by atoms with Crippen LogP contribution in [0.2, 0.25) is 0 Å². The molecule has 1 aliphatic heterocycles. The molecule has 27 heavy (non-hydrogen) atoms. The molecule has 0 fully saturated rings. The van der Waals surface area contributed by atoms with Crippen LogP contribution in [0.1, 0.15) is 11.1 Å². The Balaban J connectivity index is 1.93. The van der Waals surface area contributed by atoms with Crippen LogP contribution in [0.5, 0.6) is 23.1 Å². The number of halogens is 1. The fourth-order valence-electron chi connectivity index (χ4n) is 3.52. The van der Waals surface area contributed by atoms with E-state index in [1.807, 2.05) is 7.05 Å². The van der Waals surface area contributed by atoms with Crippen LogP contribution in [0.15, 0.2) is 29.4 Å². The Morgan fingerprint density at radius 1 is 1.22 bits per heavy atom. The Labute approximate surface area is 154 Å². The first-order valence-electron chi connectivity index (χ1n) is 8.44. The smallest absolute Gasteiger partial charge is 0.219 e. The highest BCUT2D eigenvalue weighted by molar-refractivity contribution is 5.98. The molecule has 2 heterocycles. The van der Waals surface area contributed by atoms with Crippen molar-refractivity contribution in [2.75, 3.05) is 20.7 Å². The molecule has 7 nitrogen and oxygen atoms in total. The molecule has 1 aromatic heterocycles. The third kappa shape index (κ3) is 2.87. The quantitative estimate of drug-likeness (QED) is 0.671. The summed E-state index contributed by atoms with van der Waals surface area (Å²) in [5.41, 5.74) is 2.43. The van der Waals surface area contributed by atoms with E-state index in [4.69, 9.17) is 9.47 Å². The van der Waals surface area contributed by atoms with Gasteiger partial charge in [0, 0.05) is 30.1 Å². The first kappa shape index (κ1) is 17.3. The lowest BCUT2D eigenvalue weighted by Gasteiger charge is -2.27. The molecule has 0 aliphatic carbocycles. The van der Waals surface area contributed by atoms with Crippen LogP contribution in [0.3, 0.4) is 0 Å². The van der Waals surface area contributed by atoms with Gasteiger partial charge in [0.25, 0.3) is 0 Å². The van der Waals surface area contributed by atoms with Crippen molar-refractivity contribution in [3.63, 3.8) is 0 Å². The summed E-state index contributed by atoms with van der Waals surface area (Å²) in [6, 6.07) is 5.68. The van der Waals surface area contributed by atoms with Crippen molar-refractivity contribution >= 4 is 16.6 Å². The zero-order chi connectivity index (χ0) is 19.1. The number of rotatable bonds is 4. The van der Waals surface area contributed by atoms with Crippen molar-refractivity contribution in [1.29, 1.82) is 0 Å². The lowest BCUT2D eigenvalue weighted by molar-refractivity contribution is 0.309. The minimum atomic E-state index is -0.449. The number of nitrogens with zero attached hydrogens (tertiary/aromatic N) is 2. The second kappa shape index (κ2) is 6.55. The molecule has 4 rings (SSSR count). The molecule has 0 spiro atoms. The molecule has 0 amide bonds. The minimum Gasteiger partial charge on any atom is -0.493 e. The molecular formula is C19H18FN3O4. The van der Waals surface area contributed by atoms with Crippen LogP contribution in [-0.4, -0.2) is 35.7 Å². The van der Waals surface area contributed by atoms with Crippen molar-refractivity contribution in [3.05, 3.63) is 46.1 Å². The van der Waals surface area contributed by atoms with E-state index in [1.165, 1.54) is 25.3 Å². The number of hydrogen-bond acceptors (Lipinski definition) is 6. The second-order valence-electron chi connectivity index (χ2n) is 6.55. The van der Waals surface area contributed by atoms with Crippen LogP contribution in [0.4, 0.5) is 10.1 Å². The van der Waals surface area contributed by atoms with Crippen molar-refractivity contribution in [1.82, 2.24) is 9.88 Å². The van der Waals surface area contributed by atoms with Gasteiger partial charge in [-0.15, -0.1) is 4.91 Å². The molecule has 0 saturated carbocycles. The topological polar surface area (TPSA) is 87.1 Å². The van der Waals surface area contributed by atoms with Gasteiger partial charge in [-0.3, -0.25) is 0 Å². The van der Waals surface area contributed by atoms with Gasteiger partial charge in [-0.05, 0) is 42.4 Å². The molecular weight excluding hydrogens is 353 g/mol. The molecule has 0 saturated heterocycles. The summed E-state index contributed by atoms with van der Waals surface area (Å²) in [4.78, 5) is 16.2. The zero-order valence-corrected chi connectivity index (χ0v) is 14.9. The molecule has 1 aliphatic rings. The average Bonchev–Trinajstić information content (AvgIpc) is 2.97. The van der Waals surface area contributed by atoms with E-state index >= 15 is 0 Å². The van der Waals surface area contributed by atoms with Crippen molar-refractivity contribution in [3.8, 4) is 23.1 Å². The standard InChI is InChI=1S/C19H18FN3O4/c1-23-6-5-11-13(9-23)17-12(18(22-25)19(24)21-17)8-15(11)27-16-7-10(20)3-4-14(16)26-2/h3-4,7-8,21,24H,5-6,9H2,1-2H3. The molecule has 0 atom stereocenters. The van der Waals surface area contributed by atoms with Gasteiger partial charge in [0.1, 0.15) is 11.6 Å². The third-order valence-corrected chi connectivity index (χ3v) is 4.84. The van der Waals surface area contributed by atoms with Crippen molar-refractivity contribution in [2.24, 2.45) is 5.18 Å². The molecule has 0 unspecified atom stereocenters. The maximum atomic E-state index is 13.7. The molecule has 0 radical (unpaired) electrons. The van der Waals surface area contributed by atoms with Gasteiger partial charge in [-0.2, -0.15) is 0 Å². The van der Waals surface area contributed by atoms with Gasteiger partial charge >= 0.3 is 0 Å². The summed E-state index contributed by atoms with van der Waals surface area (Å²) >= 11 is 0. The lowest BCUT2D eigenvalue weighted by Crippen LogP contribution is -2.27. The number of aromatic hydroxyl groups is 1. The van der Waals surface area contributed by atoms with Gasteiger partial charge < -0.3 is 24.5 Å². The molecule has 2 aromatic carbocycles. The lowest BCUT2D eigenvalue weighted by atomic mass is 9.96. The number of ether oxygens (including phenoxy) is 2. The summed E-state index contributed by atoms with van der Waals surface area (Å²) in [6.45, 7) is 1.43. The van der Waals surface area contributed by atoms with Gasteiger partial charge in [-0.25, -0.2) is 4.39 Å². The van der Waals surface area contributed by atoms with E-state index in [1.54, 1.807) is 6.07 Å². The second-order valence-corrected chi connectivity index (χ2v) is 6.55. The van der Waals surface area contributed by atoms with Gasteiger partial charge in [-0.1, -0.05) is 0 Å². The predicted octanol–water partition coefficient (Wildman–Crippen LogP) is 4.20. The fourth-order valence-corrected chi connectivity index (χ4v) is 3.52. The van der Waals surface area contributed by atoms with E-state index in [-0.39, 0.29) is 17.3 Å². The van der Waals surface area contributed by atoms with E-state index in [2.05, 4.69) is 15.1 Å². The average molecular weight is 371 g/mol. The van der Waals surface area contributed by atoms with E-state index in [0.29, 0.717) is 35.4 Å². The number of aromatic nitrogens is 1. The van der Waals surface area contributed by atoms with Crippen LogP contribution in [0.25, 0.3) is 10.9 Å². The molecule has 2 N–H and O–H groups in total. The van der Waals surface area contributed by atoms with Crippen LogP contribution in [0, 0.1) is 10.7 Å². The summed E-state index contributed by atoms with van der Waals surface area (Å²) in [5, 5.41) is 13.4. The molecule has 8 heteroatoms. The van der Waals surface area contributed by atoms with Gasteiger partial charge in [0.15, 0.2) is 17.2 Å². The highest BCUT2D eigenvalue weighted by Gasteiger charge is 2.25. The maximum Gasteiger partial charge on any atom is 0.219 e. The molecule has 140 valence electrons. The van der Waals surface area contributed by atoms with Crippen molar-refractivity contribution in [2.45, 2.75) is 13.0 Å². The number of hydrogen-bond donors (Lipinski definition) is 2. The Hall–Kier alpha value is -3.13. The first-order valence-corrected chi connectivity index (χ1v) is 8.44. The largest absolute Gasteiger partial charge is 0.493 e. The first-order chi connectivity index (χ1) is 13.0. The normalized spacial score (nSPS) is 14.2. The number of nitroso groups, excluding NO2 is 1. The molecule has 3 aromatic rings. The molecule has 0 bridgehead atoms. The van der Waals surface area contributed by atoms with E-state index in [0.717, 1.165) is 17.7 Å². The Morgan fingerprint density at radius 2 is 2.04 bits per heavy atom.